The molecule has 0 N–H and O–H groups in total. The van der Waals surface area contributed by atoms with E-state index in [2.05, 4.69) is 93.6 Å². The predicted molar refractivity (Wildman–Crippen MR) is 113 cm³/mol. The van der Waals surface area contributed by atoms with Gasteiger partial charge in [-0.05, 0) is 85.6 Å². The van der Waals surface area contributed by atoms with Gasteiger partial charge >= 0.3 is 0 Å². The zero-order chi connectivity index (χ0) is 17.6. The first-order valence-electron chi connectivity index (χ1n) is 8.51. The molecule has 127 valence electrons. The molecule has 2 aromatic carbocycles. The third kappa shape index (κ3) is 4.35. The minimum absolute atomic E-state index is 1.01. The lowest BCUT2D eigenvalue weighted by Crippen LogP contribution is -2.03. The molecule has 0 aliphatic heterocycles. The molecule has 3 rings (SSSR count). The van der Waals surface area contributed by atoms with E-state index in [9.17, 15) is 0 Å². The maximum absolute atomic E-state index is 2.25. The van der Waals surface area contributed by atoms with Crippen LogP contribution >= 0.6 is 23.5 Å². The van der Waals surface area contributed by atoms with Crippen molar-refractivity contribution >= 4 is 29.1 Å². The second-order valence-electron chi connectivity index (χ2n) is 5.84. The molecule has 5 radical (unpaired) electrons. The fourth-order valence-corrected chi connectivity index (χ4v) is 3.95. The molecule has 1 saturated carbocycles. The number of allylic oxidation sites excluding steroid dienone is 1. The second-order valence-corrected chi connectivity index (χ2v) is 7.60. The van der Waals surface area contributed by atoms with Gasteiger partial charge in [0.15, 0.2) is 0 Å². The summed E-state index contributed by atoms with van der Waals surface area (Å²) in [4.78, 5) is 2.60. The molecule has 0 unspecified atom stereocenters. The van der Waals surface area contributed by atoms with Gasteiger partial charge < -0.3 is 0 Å². The van der Waals surface area contributed by atoms with Crippen molar-refractivity contribution in [2.24, 2.45) is 0 Å². The number of rotatable bonds is 6. The first-order valence-corrected chi connectivity index (χ1v) is 11.0. The molecule has 0 saturated heterocycles. The molecule has 2 aromatic rings. The molecule has 1 fully saturated rings. The third-order valence-electron chi connectivity index (χ3n) is 4.42. The Morgan fingerprint density at radius 2 is 1.16 bits per heavy atom. The molecule has 1 aliphatic rings. The van der Waals surface area contributed by atoms with E-state index >= 15 is 0 Å². The highest BCUT2D eigenvalue weighted by Gasteiger charge is 2.24. The van der Waals surface area contributed by atoms with Gasteiger partial charge in [0.25, 0.3) is 0 Å². The quantitative estimate of drug-likeness (QED) is 0.521. The second kappa shape index (κ2) is 9.00. The Morgan fingerprint density at radius 1 is 0.720 bits per heavy atom. The standard InChI is InChI=1S/C23H23S2/c1-4-22(17-7-5-6-8-17)23(18-9-13-20(24-2)14-10-18)19-11-15-21(25-3)16-12-19/h5-16H,4H2,1-3H3. The average Bonchev–Trinajstić information content (AvgIpc) is 3.21. The molecule has 0 spiro atoms. The fraction of sp³-hybridized carbons (Fsp3) is 0.174. The van der Waals surface area contributed by atoms with E-state index < -0.39 is 0 Å². The number of hydrogen-bond donors (Lipinski definition) is 0. The Morgan fingerprint density at radius 3 is 1.52 bits per heavy atom. The summed E-state index contributed by atoms with van der Waals surface area (Å²) in [6.07, 6.45) is 13.9. The first kappa shape index (κ1) is 18.7. The first-order chi connectivity index (χ1) is 12.3. The summed E-state index contributed by atoms with van der Waals surface area (Å²) in [5.74, 6) is 1.32. The molecule has 0 aromatic heterocycles. The lowest BCUT2D eigenvalue weighted by molar-refractivity contribution is 1.06. The third-order valence-corrected chi connectivity index (χ3v) is 5.91. The molecule has 0 atom stereocenters. The molecular formula is C23H23S2. The van der Waals surface area contributed by atoms with Crippen molar-refractivity contribution in [1.29, 1.82) is 0 Å². The smallest absolute Gasteiger partial charge is 0.00891 e. The Hall–Kier alpha value is -1.12. The minimum Gasteiger partial charge on any atom is -0.130 e. The van der Waals surface area contributed by atoms with E-state index in [1.165, 1.54) is 38.0 Å². The van der Waals surface area contributed by atoms with Gasteiger partial charge in [-0.3, -0.25) is 0 Å². The Kier molecular flexibility index (Phi) is 6.72. The Labute approximate surface area is 161 Å². The Bertz CT molecular complexity index is 655. The summed E-state index contributed by atoms with van der Waals surface area (Å²) >= 11 is 3.57. The van der Waals surface area contributed by atoms with Gasteiger partial charge in [-0.1, -0.05) is 36.8 Å². The SMILES string of the molecule is CCC([C]1[CH][CH][CH][CH]1)=C(c1ccc(SC)cc1)c1ccc(SC)cc1. The molecule has 0 heterocycles. The van der Waals surface area contributed by atoms with Crippen molar-refractivity contribution in [3.05, 3.63) is 96.8 Å². The highest BCUT2D eigenvalue weighted by atomic mass is 32.2. The average molecular weight is 364 g/mol. The summed E-state index contributed by atoms with van der Waals surface area (Å²) in [7, 11) is 0. The number of thioether (sulfide) groups is 2. The van der Waals surface area contributed by atoms with Crippen LogP contribution in [-0.4, -0.2) is 12.5 Å². The van der Waals surface area contributed by atoms with E-state index in [-0.39, 0.29) is 0 Å². The summed E-state index contributed by atoms with van der Waals surface area (Å²) in [6.45, 7) is 2.24. The zero-order valence-electron chi connectivity index (χ0n) is 15.0. The molecule has 0 amide bonds. The van der Waals surface area contributed by atoms with Crippen molar-refractivity contribution in [2.45, 2.75) is 23.1 Å². The van der Waals surface area contributed by atoms with Crippen molar-refractivity contribution in [3.8, 4) is 0 Å². The minimum atomic E-state index is 1.01. The maximum atomic E-state index is 2.25. The van der Waals surface area contributed by atoms with Crippen LogP contribution in [0.3, 0.4) is 0 Å². The lowest BCUT2D eigenvalue weighted by atomic mass is 9.84. The van der Waals surface area contributed by atoms with Gasteiger partial charge in [-0.2, -0.15) is 0 Å². The molecule has 0 bridgehead atoms. The van der Waals surface area contributed by atoms with Crippen LogP contribution in [0.15, 0.2) is 63.9 Å². The molecule has 1 aliphatic carbocycles. The largest absolute Gasteiger partial charge is 0.130 e. The summed E-state index contributed by atoms with van der Waals surface area (Å²) in [5, 5.41) is 0. The zero-order valence-corrected chi connectivity index (χ0v) is 16.6. The lowest BCUT2D eigenvalue weighted by Gasteiger charge is -2.20. The van der Waals surface area contributed by atoms with Gasteiger partial charge in [0.05, 0.1) is 0 Å². The van der Waals surface area contributed by atoms with Crippen LogP contribution in [0.1, 0.15) is 24.5 Å². The fourth-order valence-electron chi connectivity index (χ4n) is 3.13. The van der Waals surface area contributed by atoms with Gasteiger partial charge in [-0.25, -0.2) is 0 Å². The van der Waals surface area contributed by atoms with Crippen LogP contribution < -0.4 is 0 Å². The highest BCUT2D eigenvalue weighted by molar-refractivity contribution is 7.98. The summed E-state index contributed by atoms with van der Waals surface area (Å²) in [6, 6.07) is 17.9. The van der Waals surface area contributed by atoms with Crippen LogP contribution in [0.4, 0.5) is 0 Å². The van der Waals surface area contributed by atoms with Gasteiger partial charge in [0, 0.05) is 15.7 Å². The highest BCUT2D eigenvalue weighted by Crippen LogP contribution is 2.40. The van der Waals surface area contributed by atoms with Crippen LogP contribution in [0.5, 0.6) is 0 Å². The van der Waals surface area contributed by atoms with Crippen molar-refractivity contribution in [2.75, 3.05) is 12.5 Å². The molecule has 25 heavy (non-hydrogen) atoms. The Balaban J connectivity index is 2.11. The summed E-state index contributed by atoms with van der Waals surface area (Å²) < 4.78 is 0. The molecule has 2 heteroatoms. The van der Waals surface area contributed by atoms with Crippen LogP contribution in [0.2, 0.25) is 0 Å². The normalized spacial score (nSPS) is 14.7. The van der Waals surface area contributed by atoms with Crippen molar-refractivity contribution in [1.82, 2.24) is 0 Å². The van der Waals surface area contributed by atoms with Gasteiger partial charge in [0.1, 0.15) is 0 Å². The molecular weight excluding hydrogens is 340 g/mol. The van der Waals surface area contributed by atoms with Crippen LogP contribution in [0, 0.1) is 31.6 Å². The van der Waals surface area contributed by atoms with Gasteiger partial charge in [-0.15, -0.1) is 23.5 Å². The topological polar surface area (TPSA) is 0 Å². The molecule has 0 nitrogen and oxygen atoms in total. The van der Waals surface area contributed by atoms with Gasteiger partial charge in [0.2, 0.25) is 0 Å². The van der Waals surface area contributed by atoms with E-state index in [1.807, 2.05) is 0 Å². The summed E-state index contributed by atoms with van der Waals surface area (Å²) in [5.41, 5.74) is 5.31. The van der Waals surface area contributed by atoms with Crippen LogP contribution in [-0.2, 0) is 0 Å². The van der Waals surface area contributed by atoms with E-state index in [4.69, 9.17) is 0 Å². The van der Waals surface area contributed by atoms with Crippen molar-refractivity contribution in [3.63, 3.8) is 0 Å². The number of benzene rings is 2. The van der Waals surface area contributed by atoms with E-state index in [0.29, 0.717) is 0 Å². The predicted octanol–water partition coefficient (Wildman–Crippen LogP) is 6.75. The van der Waals surface area contributed by atoms with Crippen LogP contribution in [0.25, 0.3) is 5.57 Å². The monoisotopic (exact) mass is 363 g/mol. The van der Waals surface area contributed by atoms with Crippen molar-refractivity contribution < 1.29 is 0 Å². The van der Waals surface area contributed by atoms with E-state index in [1.54, 1.807) is 23.5 Å². The maximum Gasteiger partial charge on any atom is 0.00891 e. The number of hydrogen-bond acceptors (Lipinski definition) is 2. The van der Waals surface area contributed by atoms with E-state index in [0.717, 1.165) is 6.42 Å².